The van der Waals surface area contributed by atoms with Crippen molar-refractivity contribution < 1.29 is 22.8 Å². The summed E-state index contributed by atoms with van der Waals surface area (Å²) < 4.78 is 37.7. The molecule has 3 N–H and O–H groups in total. The minimum absolute atomic E-state index is 0.0210. The van der Waals surface area contributed by atoms with Gasteiger partial charge in [0, 0.05) is 17.0 Å². The van der Waals surface area contributed by atoms with Crippen molar-refractivity contribution in [1.82, 2.24) is 5.32 Å². The maximum atomic E-state index is 12.6. The lowest BCUT2D eigenvalue weighted by Crippen LogP contribution is -2.45. The zero-order valence-corrected chi connectivity index (χ0v) is 13.6. The highest BCUT2D eigenvalue weighted by molar-refractivity contribution is 6.30. The van der Waals surface area contributed by atoms with Gasteiger partial charge in [0.15, 0.2) is 0 Å². The summed E-state index contributed by atoms with van der Waals surface area (Å²) in [4.78, 5) is 23.7. The molecular weight excluding hydrogens is 357 g/mol. The fourth-order valence-corrected chi connectivity index (χ4v) is 2.26. The van der Waals surface area contributed by atoms with Crippen molar-refractivity contribution in [1.29, 1.82) is 0 Å². The molecule has 0 aliphatic carbocycles. The normalized spacial score (nSPS) is 12.5. The van der Waals surface area contributed by atoms with Crippen molar-refractivity contribution in [2.24, 2.45) is 5.73 Å². The van der Waals surface area contributed by atoms with Crippen LogP contribution in [0.2, 0.25) is 5.02 Å². The number of carbonyl (C=O) groups is 2. The van der Waals surface area contributed by atoms with E-state index in [1.807, 2.05) is 0 Å². The van der Waals surface area contributed by atoms with E-state index < -0.39 is 29.6 Å². The summed E-state index contributed by atoms with van der Waals surface area (Å²) in [6.45, 7) is 0. The van der Waals surface area contributed by atoms with Crippen LogP contribution in [0.15, 0.2) is 48.5 Å². The van der Waals surface area contributed by atoms with Gasteiger partial charge < -0.3 is 11.1 Å². The summed E-state index contributed by atoms with van der Waals surface area (Å²) in [5.41, 5.74) is 5.20. The molecule has 25 heavy (non-hydrogen) atoms. The zero-order valence-electron chi connectivity index (χ0n) is 12.8. The van der Waals surface area contributed by atoms with Gasteiger partial charge in [0.1, 0.15) is 6.04 Å². The molecule has 2 aromatic carbocycles. The van der Waals surface area contributed by atoms with Crippen molar-refractivity contribution >= 4 is 23.4 Å². The monoisotopic (exact) mass is 370 g/mol. The Labute approximate surface area is 146 Å². The van der Waals surface area contributed by atoms with Crippen LogP contribution in [0.4, 0.5) is 13.2 Å². The van der Waals surface area contributed by atoms with E-state index in [4.69, 9.17) is 17.3 Å². The van der Waals surface area contributed by atoms with Crippen LogP contribution in [-0.2, 0) is 17.4 Å². The molecule has 0 saturated heterocycles. The molecule has 0 aliphatic rings. The van der Waals surface area contributed by atoms with Gasteiger partial charge >= 0.3 is 6.18 Å². The molecule has 0 spiro atoms. The minimum atomic E-state index is -4.44. The van der Waals surface area contributed by atoms with E-state index in [9.17, 15) is 22.8 Å². The molecule has 0 radical (unpaired) electrons. The highest BCUT2D eigenvalue weighted by Gasteiger charge is 2.30. The molecule has 0 heterocycles. The summed E-state index contributed by atoms with van der Waals surface area (Å²) in [5, 5.41) is 2.92. The molecule has 4 nitrogen and oxygen atoms in total. The van der Waals surface area contributed by atoms with Gasteiger partial charge in [0.05, 0.1) is 5.56 Å². The van der Waals surface area contributed by atoms with E-state index in [2.05, 4.69) is 5.32 Å². The number of nitrogens with two attached hydrogens (primary N) is 1. The molecule has 0 saturated carbocycles. The summed E-state index contributed by atoms with van der Waals surface area (Å²) in [6, 6.07) is 9.25. The third-order valence-corrected chi connectivity index (χ3v) is 3.73. The second kappa shape index (κ2) is 7.57. The van der Waals surface area contributed by atoms with Gasteiger partial charge in [-0.25, -0.2) is 0 Å². The van der Waals surface area contributed by atoms with E-state index >= 15 is 0 Å². The molecule has 2 aromatic rings. The summed E-state index contributed by atoms with van der Waals surface area (Å²) >= 11 is 5.74. The van der Waals surface area contributed by atoms with Crippen LogP contribution in [0.3, 0.4) is 0 Å². The average molecular weight is 371 g/mol. The smallest absolute Gasteiger partial charge is 0.368 e. The zero-order chi connectivity index (χ0) is 18.6. The molecule has 0 aliphatic heterocycles. The van der Waals surface area contributed by atoms with Gasteiger partial charge in [-0.1, -0.05) is 23.7 Å². The maximum Gasteiger partial charge on any atom is 0.416 e. The van der Waals surface area contributed by atoms with Gasteiger partial charge in [0.25, 0.3) is 5.91 Å². The van der Waals surface area contributed by atoms with Crippen LogP contribution in [0.25, 0.3) is 0 Å². The summed E-state index contributed by atoms with van der Waals surface area (Å²) in [7, 11) is 0. The predicted molar refractivity (Wildman–Crippen MR) is 87.0 cm³/mol. The molecule has 132 valence electrons. The van der Waals surface area contributed by atoms with E-state index in [1.165, 1.54) is 36.4 Å². The Morgan fingerprint density at radius 3 is 2.08 bits per heavy atom. The second-order valence-electron chi connectivity index (χ2n) is 5.33. The third-order valence-electron chi connectivity index (χ3n) is 3.48. The molecule has 2 amide bonds. The maximum absolute atomic E-state index is 12.6. The number of halogens is 4. The molecule has 0 bridgehead atoms. The lowest BCUT2D eigenvalue weighted by molar-refractivity contribution is -0.137. The number of rotatable bonds is 5. The Morgan fingerprint density at radius 1 is 1.04 bits per heavy atom. The van der Waals surface area contributed by atoms with Gasteiger partial charge in [0.2, 0.25) is 5.91 Å². The average Bonchev–Trinajstić information content (AvgIpc) is 2.54. The highest BCUT2D eigenvalue weighted by Crippen LogP contribution is 2.29. The first kappa shape index (κ1) is 18.8. The van der Waals surface area contributed by atoms with Gasteiger partial charge in [-0.15, -0.1) is 0 Å². The van der Waals surface area contributed by atoms with Crippen molar-refractivity contribution in [3.63, 3.8) is 0 Å². The summed E-state index contributed by atoms with van der Waals surface area (Å²) in [6.07, 6.45) is -4.46. The Balaban J connectivity index is 2.09. The number of carbonyl (C=O) groups excluding carboxylic acids is 2. The van der Waals surface area contributed by atoms with Crippen LogP contribution in [0.1, 0.15) is 21.5 Å². The Morgan fingerprint density at radius 2 is 1.60 bits per heavy atom. The van der Waals surface area contributed by atoms with Crippen LogP contribution in [0, 0.1) is 0 Å². The lowest BCUT2D eigenvalue weighted by atomic mass is 10.0. The largest absolute Gasteiger partial charge is 0.416 e. The van der Waals surface area contributed by atoms with E-state index in [1.54, 1.807) is 0 Å². The van der Waals surface area contributed by atoms with Crippen molar-refractivity contribution in [2.45, 2.75) is 18.6 Å². The quantitative estimate of drug-likeness (QED) is 0.848. The van der Waals surface area contributed by atoms with E-state index in [0.29, 0.717) is 10.6 Å². The van der Waals surface area contributed by atoms with Crippen LogP contribution < -0.4 is 11.1 Å². The van der Waals surface area contributed by atoms with Gasteiger partial charge in [-0.3, -0.25) is 9.59 Å². The first-order valence-electron chi connectivity index (χ1n) is 7.18. The van der Waals surface area contributed by atoms with Crippen molar-refractivity contribution in [3.8, 4) is 0 Å². The van der Waals surface area contributed by atoms with Crippen molar-refractivity contribution in [2.75, 3.05) is 0 Å². The molecule has 2 rings (SSSR count). The number of benzene rings is 2. The summed E-state index contributed by atoms with van der Waals surface area (Å²) in [5.74, 6) is -1.32. The number of alkyl halides is 3. The van der Waals surface area contributed by atoms with Gasteiger partial charge in [-0.2, -0.15) is 13.2 Å². The molecule has 1 atom stereocenters. The molecule has 0 aromatic heterocycles. The standard InChI is InChI=1S/C17H14ClF3N2O2/c18-13-7-3-11(4-8-13)16(25)23-14(15(22)24)9-10-1-5-12(6-2-10)17(19,20)21/h1-8,14H,9H2,(H2,22,24)(H,23,25)/t14-/m0/s1. The topological polar surface area (TPSA) is 72.2 Å². The number of primary amides is 1. The molecular formula is C17H14ClF3N2O2. The first-order chi connectivity index (χ1) is 11.7. The number of nitrogens with one attached hydrogen (secondary N) is 1. The minimum Gasteiger partial charge on any atom is -0.368 e. The van der Waals surface area contributed by atoms with Crippen LogP contribution >= 0.6 is 11.6 Å². The fraction of sp³-hybridized carbons (Fsp3) is 0.176. The highest BCUT2D eigenvalue weighted by atomic mass is 35.5. The fourth-order valence-electron chi connectivity index (χ4n) is 2.13. The number of amides is 2. The van der Waals surface area contributed by atoms with E-state index in [-0.39, 0.29) is 12.0 Å². The van der Waals surface area contributed by atoms with Crippen LogP contribution in [-0.4, -0.2) is 17.9 Å². The first-order valence-corrected chi connectivity index (χ1v) is 7.56. The Hall–Kier alpha value is -2.54. The lowest BCUT2D eigenvalue weighted by Gasteiger charge is -2.16. The molecule has 8 heteroatoms. The molecule has 0 fully saturated rings. The Bertz CT molecular complexity index is 759. The number of hydrogen-bond acceptors (Lipinski definition) is 2. The third kappa shape index (κ3) is 5.22. The van der Waals surface area contributed by atoms with E-state index in [0.717, 1.165) is 12.1 Å². The predicted octanol–water partition coefficient (Wildman–Crippen LogP) is 3.19. The Kier molecular flexibility index (Phi) is 5.69. The SMILES string of the molecule is NC(=O)[C@H](Cc1ccc(C(F)(F)F)cc1)NC(=O)c1ccc(Cl)cc1. The second-order valence-corrected chi connectivity index (χ2v) is 5.77. The molecule has 0 unspecified atom stereocenters. The number of hydrogen-bond donors (Lipinski definition) is 2. The van der Waals surface area contributed by atoms with Gasteiger partial charge in [-0.05, 0) is 42.0 Å². The van der Waals surface area contributed by atoms with Crippen molar-refractivity contribution in [3.05, 3.63) is 70.2 Å². The van der Waals surface area contributed by atoms with Crippen LogP contribution in [0.5, 0.6) is 0 Å².